The standard InChI is InChI=1S/C18H21NO7/c1-11(25-12(2)26-19(22)23)17(18(20)21)15-9-8-13-6-4-5-7-14(13)16(15)10-24-3/h4-9,11-12,17H,10H2,1-3H3,(H,20,21)/t11-,12-,17+/m0/s1. The highest BCUT2D eigenvalue weighted by atomic mass is 17.0. The van der Waals surface area contributed by atoms with Gasteiger partial charge >= 0.3 is 5.97 Å². The smallest absolute Gasteiger partial charge is 0.313 e. The first-order chi connectivity index (χ1) is 12.3. The van der Waals surface area contributed by atoms with Crippen LogP contribution in [0.15, 0.2) is 36.4 Å². The summed E-state index contributed by atoms with van der Waals surface area (Å²) in [7, 11) is 1.54. The van der Waals surface area contributed by atoms with Crippen LogP contribution in [0.25, 0.3) is 10.8 Å². The SMILES string of the molecule is COCc1c([C@H](C(=O)O)[C@H](C)O[C@H](C)O[N+](=O)[O-])ccc2ccccc12. The Morgan fingerprint density at radius 3 is 2.54 bits per heavy atom. The Bertz CT molecular complexity index is 792. The predicted molar refractivity (Wildman–Crippen MR) is 93.1 cm³/mol. The van der Waals surface area contributed by atoms with Crippen molar-refractivity contribution in [3.63, 3.8) is 0 Å². The van der Waals surface area contributed by atoms with Crippen molar-refractivity contribution in [2.45, 2.75) is 38.8 Å². The third-order valence-electron chi connectivity index (χ3n) is 4.08. The topological polar surface area (TPSA) is 108 Å². The second-order valence-corrected chi connectivity index (χ2v) is 5.84. The van der Waals surface area contributed by atoms with Gasteiger partial charge in [-0.1, -0.05) is 36.4 Å². The molecular formula is C18H21NO7. The second kappa shape index (κ2) is 8.59. The van der Waals surface area contributed by atoms with Crippen LogP contribution in [0, 0.1) is 10.1 Å². The Labute approximate surface area is 150 Å². The molecule has 0 radical (unpaired) electrons. The average Bonchev–Trinajstić information content (AvgIpc) is 2.55. The molecule has 2 rings (SSSR count). The lowest BCUT2D eigenvalue weighted by atomic mass is 9.87. The van der Waals surface area contributed by atoms with Crippen LogP contribution in [-0.4, -0.2) is 35.7 Å². The lowest BCUT2D eigenvalue weighted by Crippen LogP contribution is -2.31. The molecule has 3 atom stereocenters. The van der Waals surface area contributed by atoms with E-state index >= 15 is 0 Å². The molecule has 1 N–H and O–H groups in total. The summed E-state index contributed by atoms with van der Waals surface area (Å²) in [5.41, 5.74) is 1.29. The van der Waals surface area contributed by atoms with E-state index in [1.807, 2.05) is 30.3 Å². The number of nitrogens with zero attached hydrogens (tertiary/aromatic N) is 1. The first-order valence-electron chi connectivity index (χ1n) is 8.04. The summed E-state index contributed by atoms with van der Waals surface area (Å²) >= 11 is 0. The van der Waals surface area contributed by atoms with E-state index in [0.717, 1.165) is 16.3 Å². The number of ether oxygens (including phenoxy) is 2. The molecule has 0 fully saturated rings. The molecule has 0 unspecified atom stereocenters. The summed E-state index contributed by atoms with van der Waals surface area (Å²) in [6.45, 7) is 3.12. The zero-order chi connectivity index (χ0) is 19.3. The Kier molecular flexibility index (Phi) is 6.48. The van der Waals surface area contributed by atoms with Crippen molar-refractivity contribution in [2.75, 3.05) is 7.11 Å². The van der Waals surface area contributed by atoms with Gasteiger partial charge in [0.25, 0.3) is 5.09 Å². The van der Waals surface area contributed by atoms with Crippen LogP contribution in [-0.2, 0) is 25.7 Å². The molecule has 0 aliphatic rings. The third kappa shape index (κ3) is 4.47. The van der Waals surface area contributed by atoms with Crippen LogP contribution < -0.4 is 0 Å². The van der Waals surface area contributed by atoms with Gasteiger partial charge in [-0.2, -0.15) is 0 Å². The number of rotatable bonds is 9. The molecule has 0 spiro atoms. The van der Waals surface area contributed by atoms with Gasteiger partial charge < -0.3 is 14.6 Å². The molecule has 8 nitrogen and oxygen atoms in total. The summed E-state index contributed by atoms with van der Waals surface area (Å²) < 4.78 is 10.7. The first-order valence-corrected chi connectivity index (χ1v) is 8.04. The molecule has 8 heteroatoms. The number of aliphatic carboxylic acids is 1. The molecule has 2 aromatic rings. The molecular weight excluding hydrogens is 342 g/mol. The van der Waals surface area contributed by atoms with Crippen LogP contribution in [0.2, 0.25) is 0 Å². The highest BCUT2D eigenvalue weighted by molar-refractivity contribution is 5.89. The minimum Gasteiger partial charge on any atom is -0.481 e. The number of carboxylic acids is 1. The van der Waals surface area contributed by atoms with E-state index in [9.17, 15) is 20.0 Å². The van der Waals surface area contributed by atoms with Crippen LogP contribution in [0.1, 0.15) is 30.9 Å². The van der Waals surface area contributed by atoms with Crippen LogP contribution in [0.5, 0.6) is 0 Å². The molecule has 0 aromatic heterocycles. The number of benzene rings is 2. The maximum absolute atomic E-state index is 11.9. The van der Waals surface area contributed by atoms with Crippen molar-refractivity contribution in [1.29, 1.82) is 0 Å². The van der Waals surface area contributed by atoms with Gasteiger partial charge in [-0.15, -0.1) is 10.1 Å². The second-order valence-electron chi connectivity index (χ2n) is 5.84. The molecule has 140 valence electrons. The molecule has 0 heterocycles. The van der Waals surface area contributed by atoms with E-state index in [1.54, 1.807) is 13.0 Å². The van der Waals surface area contributed by atoms with Crippen molar-refractivity contribution in [3.8, 4) is 0 Å². The van der Waals surface area contributed by atoms with Gasteiger partial charge in [0.1, 0.15) is 5.92 Å². The molecule has 0 amide bonds. The largest absolute Gasteiger partial charge is 0.481 e. The zero-order valence-corrected chi connectivity index (χ0v) is 14.7. The van der Waals surface area contributed by atoms with Crippen LogP contribution in [0.3, 0.4) is 0 Å². The Morgan fingerprint density at radius 1 is 1.23 bits per heavy atom. The predicted octanol–water partition coefficient (Wildman–Crippen LogP) is 3.11. The lowest BCUT2D eigenvalue weighted by molar-refractivity contribution is -0.780. The third-order valence-corrected chi connectivity index (χ3v) is 4.08. The van der Waals surface area contributed by atoms with Gasteiger partial charge in [-0.3, -0.25) is 9.63 Å². The Hall–Kier alpha value is -2.71. The molecule has 2 aromatic carbocycles. The molecule has 0 saturated carbocycles. The van der Waals surface area contributed by atoms with E-state index in [2.05, 4.69) is 4.84 Å². The van der Waals surface area contributed by atoms with Crippen LogP contribution >= 0.6 is 0 Å². The average molecular weight is 363 g/mol. The number of fused-ring (bicyclic) bond motifs is 1. The van der Waals surface area contributed by atoms with E-state index in [-0.39, 0.29) is 6.61 Å². The fraction of sp³-hybridized carbons (Fsp3) is 0.389. The number of hydrogen-bond donors (Lipinski definition) is 1. The number of carbonyl (C=O) groups is 1. The van der Waals surface area contributed by atoms with Gasteiger partial charge in [-0.25, -0.2) is 0 Å². The van der Waals surface area contributed by atoms with Gasteiger partial charge in [0.15, 0.2) is 0 Å². The maximum atomic E-state index is 11.9. The molecule has 0 saturated heterocycles. The lowest BCUT2D eigenvalue weighted by Gasteiger charge is -2.26. The Balaban J connectivity index is 2.44. The maximum Gasteiger partial charge on any atom is 0.313 e. The van der Waals surface area contributed by atoms with Gasteiger partial charge in [-0.05, 0) is 35.7 Å². The van der Waals surface area contributed by atoms with Crippen molar-refractivity contribution < 1.29 is 29.3 Å². The highest BCUT2D eigenvalue weighted by Gasteiger charge is 2.31. The van der Waals surface area contributed by atoms with E-state index in [0.29, 0.717) is 5.56 Å². The number of carboxylic acid groups (broad SMARTS) is 1. The van der Waals surface area contributed by atoms with Crippen molar-refractivity contribution in [3.05, 3.63) is 57.6 Å². The molecule has 0 aliphatic carbocycles. The Morgan fingerprint density at radius 2 is 1.92 bits per heavy atom. The normalized spacial score (nSPS) is 14.6. The number of hydrogen-bond acceptors (Lipinski definition) is 6. The fourth-order valence-electron chi connectivity index (χ4n) is 3.06. The minimum atomic E-state index is -1.19. The van der Waals surface area contributed by atoms with Crippen molar-refractivity contribution >= 4 is 16.7 Å². The highest BCUT2D eigenvalue weighted by Crippen LogP contribution is 2.32. The number of methoxy groups -OCH3 is 1. The zero-order valence-electron chi connectivity index (χ0n) is 14.7. The summed E-state index contributed by atoms with van der Waals surface area (Å²) in [6, 6.07) is 11.2. The quantitative estimate of drug-likeness (QED) is 0.414. The van der Waals surface area contributed by atoms with Crippen molar-refractivity contribution in [2.24, 2.45) is 0 Å². The van der Waals surface area contributed by atoms with E-state index < -0.39 is 29.4 Å². The van der Waals surface area contributed by atoms with Crippen molar-refractivity contribution in [1.82, 2.24) is 0 Å². The molecule has 26 heavy (non-hydrogen) atoms. The summed E-state index contributed by atoms with van der Waals surface area (Å²) in [6.07, 6.45) is -2.05. The van der Waals surface area contributed by atoms with E-state index in [4.69, 9.17) is 9.47 Å². The fourth-order valence-corrected chi connectivity index (χ4v) is 3.06. The summed E-state index contributed by atoms with van der Waals surface area (Å²) in [5, 5.41) is 21.1. The first kappa shape index (κ1) is 19.6. The molecule has 0 aliphatic heterocycles. The van der Waals surface area contributed by atoms with Gasteiger partial charge in [0.05, 0.1) is 12.7 Å². The summed E-state index contributed by atoms with van der Waals surface area (Å²) in [5.74, 6) is -2.14. The van der Waals surface area contributed by atoms with Gasteiger partial charge in [0, 0.05) is 7.11 Å². The molecule has 0 bridgehead atoms. The monoisotopic (exact) mass is 363 g/mol. The summed E-state index contributed by atoms with van der Waals surface area (Å²) in [4.78, 5) is 26.7. The van der Waals surface area contributed by atoms with Crippen LogP contribution in [0.4, 0.5) is 0 Å². The van der Waals surface area contributed by atoms with Gasteiger partial charge in [0.2, 0.25) is 6.29 Å². The van der Waals surface area contributed by atoms with E-state index in [1.165, 1.54) is 14.0 Å². The minimum absolute atomic E-state index is 0.230.